The van der Waals surface area contributed by atoms with Gasteiger partial charge in [0.2, 0.25) is 0 Å². The number of rotatable bonds is 3. The molecule has 1 fully saturated rings. The predicted octanol–water partition coefficient (Wildman–Crippen LogP) is 2.27. The minimum Gasteiger partial charge on any atom is -0.423 e. The zero-order chi connectivity index (χ0) is 15.0. The van der Waals surface area contributed by atoms with Crippen molar-refractivity contribution in [3.63, 3.8) is 0 Å². The summed E-state index contributed by atoms with van der Waals surface area (Å²) in [6, 6.07) is 8.16. The number of benzene rings is 1. The lowest BCUT2D eigenvalue weighted by Crippen LogP contribution is -2.27. The summed E-state index contributed by atoms with van der Waals surface area (Å²) in [4.78, 5) is 14.2. The Balaban J connectivity index is 1.95. The molecule has 1 aliphatic rings. The first kappa shape index (κ1) is 14.3. The molecule has 4 heteroatoms. The van der Waals surface area contributed by atoms with E-state index >= 15 is 0 Å². The standard InChI is InChI=1S/C17H22N2O2/c1-11-3-4-15-14(7-17(20)21-16(15)5-11)10-19-9-13(8-18)6-12(19)2/h3-5,7,12-13H,6,8-10,18H2,1-2H3. The second-order valence-electron chi connectivity index (χ2n) is 6.21. The number of aryl methyl sites for hydroxylation is 1. The van der Waals surface area contributed by atoms with Crippen LogP contribution in [0, 0.1) is 12.8 Å². The van der Waals surface area contributed by atoms with Gasteiger partial charge in [-0.25, -0.2) is 4.79 Å². The van der Waals surface area contributed by atoms with E-state index in [1.165, 1.54) is 0 Å². The lowest BCUT2D eigenvalue weighted by molar-refractivity contribution is 0.256. The molecule has 21 heavy (non-hydrogen) atoms. The van der Waals surface area contributed by atoms with Crippen LogP contribution in [0.25, 0.3) is 11.0 Å². The summed E-state index contributed by atoms with van der Waals surface area (Å²) in [6.07, 6.45) is 1.13. The van der Waals surface area contributed by atoms with Crippen LogP contribution < -0.4 is 11.4 Å². The molecule has 3 rings (SSSR count). The maximum absolute atomic E-state index is 11.8. The summed E-state index contributed by atoms with van der Waals surface area (Å²) in [5.74, 6) is 0.564. The number of nitrogens with two attached hydrogens (primary N) is 1. The highest BCUT2D eigenvalue weighted by Gasteiger charge is 2.28. The van der Waals surface area contributed by atoms with Crippen molar-refractivity contribution in [3.05, 3.63) is 45.8 Å². The zero-order valence-electron chi connectivity index (χ0n) is 12.6. The normalized spacial score (nSPS) is 23.0. The van der Waals surface area contributed by atoms with Crippen LogP contribution in [0.2, 0.25) is 0 Å². The monoisotopic (exact) mass is 286 g/mol. The molecule has 2 N–H and O–H groups in total. The number of likely N-dealkylation sites (tertiary alicyclic amines) is 1. The first-order valence-electron chi connectivity index (χ1n) is 7.54. The summed E-state index contributed by atoms with van der Waals surface area (Å²) >= 11 is 0. The molecule has 1 saturated heterocycles. The van der Waals surface area contributed by atoms with Gasteiger partial charge in [0.05, 0.1) is 0 Å². The Morgan fingerprint density at radius 1 is 1.38 bits per heavy atom. The quantitative estimate of drug-likeness (QED) is 0.879. The molecule has 0 saturated carbocycles. The average Bonchev–Trinajstić information content (AvgIpc) is 2.78. The third-order valence-corrected chi connectivity index (χ3v) is 4.48. The van der Waals surface area contributed by atoms with Crippen molar-refractivity contribution in [1.29, 1.82) is 0 Å². The molecule has 2 atom stereocenters. The maximum atomic E-state index is 11.8. The minimum atomic E-state index is -0.273. The van der Waals surface area contributed by atoms with Gasteiger partial charge in [0, 0.05) is 30.6 Å². The Bertz CT molecular complexity index is 707. The van der Waals surface area contributed by atoms with Crippen LogP contribution in [0.3, 0.4) is 0 Å². The van der Waals surface area contributed by atoms with E-state index in [0.29, 0.717) is 17.5 Å². The van der Waals surface area contributed by atoms with E-state index in [0.717, 1.165) is 42.6 Å². The van der Waals surface area contributed by atoms with Gasteiger partial charge in [-0.15, -0.1) is 0 Å². The van der Waals surface area contributed by atoms with Crippen LogP contribution in [0.5, 0.6) is 0 Å². The third-order valence-electron chi connectivity index (χ3n) is 4.48. The molecule has 0 amide bonds. The van der Waals surface area contributed by atoms with Crippen LogP contribution in [-0.2, 0) is 6.54 Å². The minimum absolute atomic E-state index is 0.273. The molecule has 1 aromatic carbocycles. The van der Waals surface area contributed by atoms with Gasteiger partial charge in [-0.2, -0.15) is 0 Å². The van der Waals surface area contributed by atoms with Crippen LogP contribution in [-0.4, -0.2) is 24.0 Å². The van der Waals surface area contributed by atoms with Gasteiger partial charge >= 0.3 is 5.63 Å². The summed E-state index contributed by atoms with van der Waals surface area (Å²) < 4.78 is 5.32. The first-order chi connectivity index (χ1) is 10.1. The highest BCUT2D eigenvalue weighted by atomic mass is 16.4. The molecular formula is C17H22N2O2. The molecule has 0 spiro atoms. The number of hydrogen-bond acceptors (Lipinski definition) is 4. The van der Waals surface area contributed by atoms with Crippen molar-refractivity contribution < 1.29 is 4.42 Å². The van der Waals surface area contributed by atoms with Crippen molar-refractivity contribution in [2.24, 2.45) is 11.7 Å². The molecule has 112 valence electrons. The van der Waals surface area contributed by atoms with Crippen LogP contribution in [0.15, 0.2) is 33.5 Å². The summed E-state index contributed by atoms with van der Waals surface area (Å²) in [5.41, 5.74) is 8.34. The zero-order valence-corrected chi connectivity index (χ0v) is 12.6. The van der Waals surface area contributed by atoms with Gasteiger partial charge in [0.25, 0.3) is 0 Å². The van der Waals surface area contributed by atoms with E-state index in [-0.39, 0.29) is 5.63 Å². The highest BCUT2D eigenvalue weighted by Crippen LogP contribution is 2.26. The third kappa shape index (κ3) is 2.87. The lowest BCUT2D eigenvalue weighted by atomic mass is 10.1. The molecule has 0 radical (unpaired) electrons. The molecule has 2 heterocycles. The van der Waals surface area contributed by atoms with Crippen LogP contribution in [0.4, 0.5) is 0 Å². The van der Waals surface area contributed by atoms with Gasteiger partial charge in [0.1, 0.15) is 5.58 Å². The molecule has 1 aliphatic heterocycles. The first-order valence-corrected chi connectivity index (χ1v) is 7.54. The number of hydrogen-bond donors (Lipinski definition) is 1. The van der Waals surface area contributed by atoms with Crippen molar-refractivity contribution >= 4 is 11.0 Å². The fourth-order valence-corrected chi connectivity index (χ4v) is 3.30. The SMILES string of the molecule is Cc1ccc2c(CN3CC(CN)CC3C)cc(=O)oc2c1. The van der Waals surface area contributed by atoms with E-state index in [1.807, 2.05) is 19.1 Å². The van der Waals surface area contributed by atoms with Crippen molar-refractivity contribution in [2.45, 2.75) is 32.9 Å². The van der Waals surface area contributed by atoms with Crippen molar-refractivity contribution in [3.8, 4) is 0 Å². The molecular weight excluding hydrogens is 264 g/mol. The van der Waals surface area contributed by atoms with Crippen LogP contribution >= 0.6 is 0 Å². The average molecular weight is 286 g/mol. The lowest BCUT2D eigenvalue weighted by Gasteiger charge is -2.21. The molecule has 4 nitrogen and oxygen atoms in total. The van der Waals surface area contributed by atoms with E-state index in [2.05, 4.69) is 17.9 Å². The largest absolute Gasteiger partial charge is 0.423 e. The van der Waals surface area contributed by atoms with Crippen molar-refractivity contribution in [2.75, 3.05) is 13.1 Å². The van der Waals surface area contributed by atoms with Gasteiger partial charge < -0.3 is 10.2 Å². The Morgan fingerprint density at radius 2 is 2.19 bits per heavy atom. The fraction of sp³-hybridized carbons (Fsp3) is 0.471. The predicted molar refractivity (Wildman–Crippen MR) is 84.3 cm³/mol. The maximum Gasteiger partial charge on any atom is 0.336 e. The van der Waals surface area contributed by atoms with Gasteiger partial charge in [-0.3, -0.25) is 4.90 Å². The number of fused-ring (bicyclic) bond motifs is 1. The summed E-state index contributed by atoms with van der Waals surface area (Å²) in [6.45, 7) is 6.75. The van der Waals surface area contributed by atoms with E-state index in [4.69, 9.17) is 10.2 Å². The van der Waals surface area contributed by atoms with Crippen molar-refractivity contribution in [1.82, 2.24) is 4.90 Å². The molecule has 2 aromatic rings. The van der Waals surface area contributed by atoms with Gasteiger partial charge in [0.15, 0.2) is 0 Å². The van der Waals surface area contributed by atoms with E-state index < -0.39 is 0 Å². The Kier molecular flexibility index (Phi) is 3.83. The van der Waals surface area contributed by atoms with E-state index in [9.17, 15) is 4.79 Å². The second kappa shape index (κ2) is 5.62. The summed E-state index contributed by atoms with van der Waals surface area (Å²) in [5, 5.41) is 1.03. The Labute approximate surface area is 124 Å². The van der Waals surface area contributed by atoms with E-state index in [1.54, 1.807) is 6.07 Å². The van der Waals surface area contributed by atoms with Gasteiger partial charge in [-0.05, 0) is 49.9 Å². The summed E-state index contributed by atoms with van der Waals surface area (Å²) in [7, 11) is 0. The molecule has 0 aliphatic carbocycles. The highest BCUT2D eigenvalue weighted by molar-refractivity contribution is 5.80. The number of nitrogens with zero attached hydrogens (tertiary/aromatic N) is 1. The fourth-order valence-electron chi connectivity index (χ4n) is 3.30. The van der Waals surface area contributed by atoms with Crippen LogP contribution in [0.1, 0.15) is 24.5 Å². The topological polar surface area (TPSA) is 59.5 Å². The molecule has 0 bridgehead atoms. The van der Waals surface area contributed by atoms with Gasteiger partial charge in [-0.1, -0.05) is 12.1 Å². The molecule has 2 unspecified atom stereocenters. The second-order valence-corrected chi connectivity index (χ2v) is 6.21. The Morgan fingerprint density at radius 3 is 2.90 bits per heavy atom. The molecule has 1 aromatic heterocycles. The smallest absolute Gasteiger partial charge is 0.336 e. The Hall–Kier alpha value is -1.65.